The molecule has 150 valence electrons. The lowest BCUT2D eigenvalue weighted by molar-refractivity contribution is -0.130. The number of likely N-dealkylation sites (tertiary alicyclic amines) is 1. The van der Waals surface area contributed by atoms with E-state index in [-0.39, 0.29) is 17.6 Å². The van der Waals surface area contributed by atoms with Crippen molar-refractivity contribution in [2.24, 2.45) is 0 Å². The van der Waals surface area contributed by atoms with Crippen molar-refractivity contribution in [1.29, 1.82) is 0 Å². The van der Waals surface area contributed by atoms with Crippen LogP contribution in [0, 0.1) is 0 Å². The molecule has 0 unspecified atom stereocenters. The number of carbonyl (C=O) groups excluding carboxylic acids is 2. The van der Waals surface area contributed by atoms with Gasteiger partial charge in [0.05, 0.1) is 25.0 Å². The van der Waals surface area contributed by atoms with Gasteiger partial charge in [0.15, 0.2) is 4.34 Å². The Morgan fingerprint density at radius 2 is 2.04 bits per heavy atom. The highest BCUT2D eigenvalue weighted by Gasteiger charge is 2.17. The van der Waals surface area contributed by atoms with Crippen molar-refractivity contribution >= 4 is 40.6 Å². The number of ether oxygens (including phenoxy) is 1. The predicted octanol–water partition coefficient (Wildman–Crippen LogP) is 3.83. The highest BCUT2D eigenvalue weighted by Crippen LogP contribution is 2.24. The summed E-state index contributed by atoms with van der Waals surface area (Å²) in [5.74, 6) is 1.02. The van der Waals surface area contributed by atoms with Gasteiger partial charge in [0.25, 0.3) is 0 Å². The summed E-state index contributed by atoms with van der Waals surface area (Å²) in [4.78, 5) is 31.1. The number of hydrogen-bond acceptors (Lipinski definition) is 6. The number of carbonyl (C=O) groups is 2. The van der Waals surface area contributed by atoms with Crippen LogP contribution in [0.3, 0.4) is 0 Å². The van der Waals surface area contributed by atoms with Crippen LogP contribution in [-0.2, 0) is 16.0 Å². The maximum atomic E-state index is 12.5. The number of methoxy groups -OCH3 is 1. The molecule has 0 spiro atoms. The molecular weight excluding hydrogens is 394 g/mol. The summed E-state index contributed by atoms with van der Waals surface area (Å²) >= 11 is 2.86. The van der Waals surface area contributed by atoms with Crippen LogP contribution in [0.25, 0.3) is 0 Å². The summed E-state index contributed by atoms with van der Waals surface area (Å²) in [5, 5.41) is 4.77. The molecule has 1 saturated heterocycles. The van der Waals surface area contributed by atoms with Gasteiger partial charge in [-0.2, -0.15) is 0 Å². The van der Waals surface area contributed by atoms with Gasteiger partial charge in [-0.3, -0.25) is 9.59 Å². The van der Waals surface area contributed by atoms with E-state index in [4.69, 9.17) is 4.74 Å². The average molecular weight is 420 g/mol. The van der Waals surface area contributed by atoms with Gasteiger partial charge >= 0.3 is 0 Å². The Balaban J connectivity index is 1.46. The van der Waals surface area contributed by atoms with Crippen LogP contribution >= 0.6 is 23.1 Å². The number of nitrogens with zero attached hydrogens (tertiary/aromatic N) is 2. The SMILES string of the molecule is COc1cccc(NC(=O)CSc2nc(CC(=O)N3CCCCCC3)cs2)c1. The lowest BCUT2D eigenvalue weighted by atomic mass is 10.2. The molecule has 2 aromatic rings. The first kappa shape index (κ1) is 20.7. The first-order chi connectivity index (χ1) is 13.6. The molecule has 3 rings (SSSR count). The number of hydrogen-bond donors (Lipinski definition) is 1. The Hall–Kier alpha value is -2.06. The summed E-state index contributed by atoms with van der Waals surface area (Å²) < 4.78 is 5.96. The van der Waals surface area contributed by atoms with Gasteiger partial charge in [-0.25, -0.2) is 4.98 Å². The second-order valence-corrected chi connectivity index (χ2v) is 8.73. The van der Waals surface area contributed by atoms with Crippen molar-refractivity contribution in [2.45, 2.75) is 36.4 Å². The van der Waals surface area contributed by atoms with Crippen LogP contribution in [0.4, 0.5) is 5.69 Å². The summed E-state index contributed by atoms with van der Waals surface area (Å²) in [7, 11) is 1.59. The molecule has 1 N–H and O–H groups in total. The third-order valence-electron chi connectivity index (χ3n) is 4.50. The van der Waals surface area contributed by atoms with E-state index in [0.717, 1.165) is 36.0 Å². The molecule has 1 fully saturated rings. The number of thioether (sulfide) groups is 1. The van der Waals surface area contributed by atoms with Gasteiger partial charge in [-0.15, -0.1) is 11.3 Å². The highest BCUT2D eigenvalue weighted by atomic mass is 32.2. The minimum atomic E-state index is -0.101. The van der Waals surface area contributed by atoms with Crippen molar-refractivity contribution in [3.05, 3.63) is 35.3 Å². The Morgan fingerprint density at radius 1 is 1.25 bits per heavy atom. The third kappa shape index (κ3) is 6.24. The zero-order valence-electron chi connectivity index (χ0n) is 16.0. The topological polar surface area (TPSA) is 71.5 Å². The predicted molar refractivity (Wildman–Crippen MR) is 113 cm³/mol. The summed E-state index contributed by atoms with van der Waals surface area (Å²) in [6.45, 7) is 1.71. The van der Waals surface area contributed by atoms with E-state index >= 15 is 0 Å². The molecule has 0 aliphatic carbocycles. The second kappa shape index (κ2) is 10.5. The lowest BCUT2D eigenvalue weighted by Gasteiger charge is -2.19. The molecule has 6 nitrogen and oxygen atoms in total. The zero-order valence-corrected chi connectivity index (χ0v) is 17.6. The Bertz CT molecular complexity index is 801. The van der Waals surface area contributed by atoms with Crippen molar-refractivity contribution < 1.29 is 14.3 Å². The normalized spacial score (nSPS) is 14.4. The number of anilines is 1. The van der Waals surface area contributed by atoms with E-state index in [2.05, 4.69) is 10.3 Å². The standard InChI is InChI=1S/C20H25N3O3S2/c1-26-17-8-6-7-15(11-17)21-18(24)14-28-20-22-16(13-27-20)12-19(25)23-9-4-2-3-5-10-23/h6-8,11,13H,2-5,9-10,12,14H2,1H3,(H,21,24). The fraction of sp³-hybridized carbons (Fsp3) is 0.450. The highest BCUT2D eigenvalue weighted by molar-refractivity contribution is 8.01. The molecule has 2 amide bonds. The first-order valence-electron chi connectivity index (χ1n) is 9.43. The maximum Gasteiger partial charge on any atom is 0.234 e. The van der Waals surface area contributed by atoms with Crippen LogP contribution in [0.2, 0.25) is 0 Å². The lowest BCUT2D eigenvalue weighted by Crippen LogP contribution is -2.33. The molecule has 0 atom stereocenters. The smallest absolute Gasteiger partial charge is 0.234 e. The molecule has 0 radical (unpaired) electrons. The van der Waals surface area contributed by atoms with Gasteiger partial charge in [-0.1, -0.05) is 30.7 Å². The molecule has 8 heteroatoms. The van der Waals surface area contributed by atoms with Crippen LogP contribution in [0.1, 0.15) is 31.4 Å². The maximum absolute atomic E-state index is 12.5. The number of thiazole rings is 1. The molecule has 0 bridgehead atoms. The first-order valence-corrected chi connectivity index (χ1v) is 11.3. The van der Waals surface area contributed by atoms with Gasteiger partial charge in [-0.05, 0) is 25.0 Å². The fourth-order valence-corrected chi connectivity index (χ4v) is 4.69. The molecule has 1 aliphatic heterocycles. The van der Waals surface area contributed by atoms with Crippen LogP contribution < -0.4 is 10.1 Å². The average Bonchev–Trinajstić information content (AvgIpc) is 2.96. The van der Waals surface area contributed by atoms with Gasteiger partial charge in [0.1, 0.15) is 5.75 Å². The van der Waals surface area contributed by atoms with E-state index in [1.54, 1.807) is 13.2 Å². The summed E-state index contributed by atoms with van der Waals surface area (Å²) in [6.07, 6.45) is 4.93. The van der Waals surface area contributed by atoms with Gasteiger partial charge in [0, 0.05) is 30.2 Å². The largest absolute Gasteiger partial charge is 0.497 e. The molecule has 1 aliphatic rings. The minimum Gasteiger partial charge on any atom is -0.497 e. The molecule has 0 saturated carbocycles. The monoisotopic (exact) mass is 419 g/mol. The Morgan fingerprint density at radius 3 is 2.79 bits per heavy atom. The second-order valence-electron chi connectivity index (χ2n) is 6.65. The molecule has 1 aromatic heterocycles. The van der Waals surface area contributed by atoms with Crippen LogP contribution in [-0.4, -0.2) is 47.7 Å². The van der Waals surface area contributed by atoms with E-state index < -0.39 is 0 Å². The minimum absolute atomic E-state index is 0.101. The summed E-state index contributed by atoms with van der Waals surface area (Å²) in [5.41, 5.74) is 1.49. The number of aromatic nitrogens is 1. The van der Waals surface area contributed by atoms with Gasteiger partial charge in [0.2, 0.25) is 11.8 Å². The number of rotatable bonds is 7. The van der Waals surface area contributed by atoms with E-state index in [1.807, 2.05) is 28.5 Å². The summed E-state index contributed by atoms with van der Waals surface area (Å²) in [6, 6.07) is 7.25. The van der Waals surface area contributed by atoms with E-state index in [1.165, 1.54) is 35.9 Å². The number of benzene rings is 1. The fourth-order valence-electron chi connectivity index (χ4n) is 3.05. The quantitative estimate of drug-likeness (QED) is 0.691. The molecule has 28 heavy (non-hydrogen) atoms. The van der Waals surface area contributed by atoms with Crippen molar-refractivity contribution in [2.75, 3.05) is 31.3 Å². The van der Waals surface area contributed by atoms with Crippen molar-refractivity contribution in [3.8, 4) is 5.75 Å². The molecular formula is C20H25N3O3S2. The molecule has 1 aromatic carbocycles. The van der Waals surface area contributed by atoms with Crippen molar-refractivity contribution in [1.82, 2.24) is 9.88 Å². The van der Waals surface area contributed by atoms with Crippen LogP contribution in [0.15, 0.2) is 34.0 Å². The van der Waals surface area contributed by atoms with E-state index in [0.29, 0.717) is 17.9 Å². The Kier molecular flexibility index (Phi) is 7.73. The number of nitrogens with one attached hydrogen (secondary N) is 1. The zero-order chi connectivity index (χ0) is 19.8. The van der Waals surface area contributed by atoms with Crippen LogP contribution in [0.5, 0.6) is 5.75 Å². The molecule has 2 heterocycles. The van der Waals surface area contributed by atoms with Crippen molar-refractivity contribution in [3.63, 3.8) is 0 Å². The Labute approximate surface area is 173 Å². The third-order valence-corrected chi connectivity index (χ3v) is 6.57. The van der Waals surface area contributed by atoms with Gasteiger partial charge < -0.3 is 15.0 Å². The number of amides is 2. The van der Waals surface area contributed by atoms with E-state index in [9.17, 15) is 9.59 Å².